The molecule has 0 atom stereocenters. The zero-order valence-corrected chi connectivity index (χ0v) is 11.3. The molecule has 5 heteroatoms. The van der Waals surface area contributed by atoms with Crippen LogP contribution in [0, 0.1) is 6.92 Å². The number of hydrogen-bond donors (Lipinski definition) is 1. The van der Waals surface area contributed by atoms with Gasteiger partial charge in [0.05, 0.1) is 17.6 Å². The molecule has 0 unspecified atom stereocenters. The van der Waals surface area contributed by atoms with Gasteiger partial charge >= 0.3 is 0 Å². The molecule has 2 rings (SSSR count). The fraction of sp³-hybridized carbons (Fsp3) is 0.538. The number of hydrogen-bond acceptors (Lipinski definition) is 3. The summed E-state index contributed by atoms with van der Waals surface area (Å²) in [5, 5.41) is 12.1. The third-order valence-corrected chi connectivity index (χ3v) is 3.02. The maximum atomic E-state index is 4.50. The molecule has 0 aliphatic heterocycles. The molecule has 2 aromatic heterocycles. The molecule has 0 bridgehead atoms. The molecule has 18 heavy (non-hydrogen) atoms. The topological polar surface area (TPSA) is 47.7 Å². The van der Waals surface area contributed by atoms with Crippen molar-refractivity contribution in [1.29, 1.82) is 0 Å². The molecule has 5 nitrogen and oxygen atoms in total. The van der Waals surface area contributed by atoms with Gasteiger partial charge in [-0.3, -0.25) is 9.36 Å². The van der Waals surface area contributed by atoms with Gasteiger partial charge in [0, 0.05) is 32.9 Å². The van der Waals surface area contributed by atoms with E-state index in [1.54, 1.807) is 0 Å². The molecule has 0 radical (unpaired) electrons. The Hall–Kier alpha value is -1.62. The molecule has 0 fully saturated rings. The van der Waals surface area contributed by atoms with Crippen molar-refractivity contribution in [3.63, 3.8) is 0 Å². The smallest absolute Gasteiger partial charge is 0.0762 e. The fourth-order valence-corrected chi connectivity index (χ4v) is 1.99. The molecule has 2 aromatic rings. The molecule has 0 aromatic carbocycles. The summed E-state index contributed by atoms with van der Waals surface area (Å²) in [6.07, 6.45) is 5.05. The van der Waals surface area contributed by atoms with Crippen LogP contribution in [-0.4, -0.2) is 19.6 Å². The highest BCUT2D eigenvalue weighted by Gasteiger charge is 2.04. The second-order valence-electron chi connectivity index (χ2n) is 4.57. The van der Waals surface area contributed by atoms with Crippen LogP contribution in [0.2, 0.25) is 0 Å². The van der Waals surface area contributed by atoms with Crippen molar-refractivity contribution in [2.75, 3.05) is 0 Å². The highest BCUT2D eigenvalue weighted by Crippen LogP contribution is 2.05. The van der Waals surface area contributed by atoms with E-state index in [0.29, 0.717) is 0 Å². The van der Waals surface area contributed by atoms with Crippen LogP contribution in [-0.2, 0) is 26.7 Å². The predicted molar refractivity (Wildman–Crippen MR) is 71.0 cm³/mol. The lowest BCUT2D eigenvalue weighted by Gasteiger charge is -2.05. The van der Waals surface area contributed by atoms with Crippen molar-refractivity contribution >= 4 is 0 Å². The highest BCUT2D eigenvalue weighted by molar-refractivity contribution is 5.15. The zero-order chi connectivity index (χ0) is 13.0. The van der Waals surface area contributed by atoms with Crippen LogP contribution in [0.1, 0.15) is 30.3 Å². The number of rotatable bonds is 6. The number of nitrogens with zero attached hydrogens (tertiary/aromatic N) is 4. The predicted octanol–water partition coefficient (Wildman–Crippen LogP) is 1.62. The van der Waals surface area contributed by atoms with Crippen LogP contribution in [0.5, 0.6) is 0 Å². The summed E-state index contributed by atoms with van der Waals surface area (Å²) in [6.45, 7) is 6.84. The molecule has 0 aliphatic carbocycles. The van der Waals surface area contributed by atoms with Gasteiger partial charge in [-0.05, 0) is 25.0 Å². The van der Waals surface area contributed by atoms with E-state index in [9.17, 15) is 0 Å². The molecule has 2 heterocycles. The van der Waals surface area contributed by atoms with Crippen LogP contribution >= 0.6 is 0 Å². The fourth-order valence-electron chi connectivity index (χ4n) is 1.99. The van der Waals surface area contributed by atoms with Gasteiger partial charge in [0.15, 0.2) is 0 Å². The van der Waals surface area contributed by atoms with Crippen molar-refractivity contribution in [2.24, 2.45) is 7.05 Å². The number of aromatic nitrogens is 4. The van der Waals surface area contributed by atoms with Crippen LogP contribution in [0.15, 0.2) is 18.5 Å². The average Bonchev–Trinajstić information content (AvgIpc) is 2.91. The third kappa shape index (κ3) is 2.98. The van der Waals surface area contributed by atoms with E-state index in [4.69, 9.17) is 0 Å². The lowest BCUT2D eigenvalue weighted by molar-refractivity contribution is 0.574. The van der Waals surface area contributed by atoms with Gasteiger partial charge < -0.3 is 5.32 Å². The van der Waals surface area contributed by atoms with Crippen LogP contribution in [0.4, 0.5) is 0 Å². The van der Waals surface area contributed by atoms with Crippen molar-refractivity contribution in [1.82, 2.24) is 24.9 Å². The normalized spacial score (nSPS) is 11.1. The maximum Gasteiger partial charge on any atom is 0.0762 e. The van der Waals surface area contributed by atoms with Gasteiger partial charge in [-0.15, -0.1) is 0 Å². The Morgan fingerprint density at radius 2 is 2.17 bits per heavy atom. The van der Waals surface area contributed by atoms with Gasteiger partial charge in [-0.25, -0.2) is 0 Å². The first-order chi connectivity index (χ1) is 8.70. The SMILES string of the molecule is CCCn1ccc(CNCc2c(C)cnn2C)n1. The van der Waals surface area contributed by atoms with Gasteiger partial charge in [0.25, 0.3) is 0 Å². The Labute approximate surface area is 108 Å². The van der Waals surface area contributed by atoms with Crippen molar-refractivity contribution < 1.29 is 0 Å². The molecule has 0 spiro atoms. The Morgan fingerprint density at radius 1 is 1.33 bits per heavy atom. The standard InChI is InChI=1S/C13H21N5/c1-4-6-18-7-5-12(16-18)9-14-10-13-11(2)8-15-17(13)3/h5,7-8,14H,4,6,9-10H2,1-3H3. The van der Waals surface area contributed by atoms with Crippen molar-refractivity contribution in [2.45, 2.75) is 39.9 Å². The summed E-state index contributed by atoms with van der Waals surface area (Å²) >= 11 is 0. The van der Waals surface area contributed by atoms with Crippen molar-refractivity contribution in [3.8, 4) is 0 Å². The third-order valence-electron chi connectivity index (χ3n) is 3.02. The summed E-state index contributed by atoms with van der Waals surface area (Å²) in [4.78, 5) is 0. The minimum Gasteiger partial charge on any atom is -0.305 e. The first-order valence-corrected chi connectivity index (χ1v) is 6.41. The van der Waals surface area contributed by atoms with Gasteiger partial charge in [0.1, 0.15) is 0 Å². The number of nitrogens with one attached hydrogen (secondary N) is 1. The monoisotopic (exact) mass is 247 g/mol. The highest BCUT2D eigenvalue weighted by atomic mass is 15.3. The number of aryl methyl sites for hydroxylation is 3. The summed E-state index contributed by atoms with van der Waals surface area (Å²) < 4.78 is 3.91. The van der Waals surface area contributed by atoms with Crippen LogP contribution in [0.25, 0.3) is 0 Å². The van der Waals surface area contributed by atoms with E-state index in [0.717, 1.165) is 31.7 Å². The summed E-state index contributed by atoms with van der Waals surface area (Å²) in [6, 6.07) is 2.07. The molecule has 0 amide bonds. The first-order valence-electron chi connectivity index (χ1n) is 6.41. The largest absolute Gasteiger partial charge is 0.305 e. The summed E-state index contributed by atoms with van der Waals surface area (Å²) in [5.41, 5.74) is 3.53. The Bertz CT molecular complexity index is 478. The zero-order valence-electron chi connectivity index (χ0n) is 11.3. The van der Waals surface area contributed by atoms with E-state index in [-0.39, 0.29) is 0 Å². The van der Waals surface area contributed by atoms with Crippen LogP contribution in [0.3, 0.4) is 0 Å². The lowest BCUT2D eigenvalue weighted by Crippen LogP contribution is -2.16. The lowest BCUT2D eigenvalue weighted by atomic mass is 10.2. The van der Waals surface area contributed by atoms with E-state index in [1.165, 1.54) is 11.3 Å². The van der Waals surface area contributed by atoms with Crippen LogP contribution < -0.4 is 5.32 Å². The molecule has 0 saturated carbocycles. The van der Waals surface area contributed by atoms with Gasteiger partial charge in [0.2, 0.25) is 0 Å². The van der Waals surface area contributed by atoms with E-state index in [1.807, 2.05) is 28.8 Å². The van der Waals surface area contributed by atoms with Gasteiger partial charge in [-0.2, -0.15) is 10.2 Å². The minimum absolute atomic E-state index is 0.793. The molecule has 0 saturated heterocycles. The van der Waals surface area contributed by atoms with Crippen molar-refractivity contribution in [3.05, 3.63) is 35.4 Å². The Morgan fingerprint density at radius 3 is 2.83 bits per heavy atom. The maximum absolute atomic E-state index is 4.50. The van der Waals surface area contributed by atoms with Gasteiger partial charge in [-0.1, -0.05) is 6.92 Å². The molecular weight excluding hydrogens is 226 g/mol. The second-order valence-corrected chi connectivity index (χ2v) is 4.57. The minimum atomic E-state index is 0.793. The summed E-state index contributed by atoms with van der Waals surface area (Å²) in [5.74, 6) is 0. The molecular formula is C13H21N5. The molecule has 0 aliphatic rings. The summed E-state index contributed by atoms with van der Waals surface area (Å²) in [7, 11) is 1.97. The van der Waals surface area contributed by atoms with E-state index in [2.05, 4.69) is 35.4 Å². The molecule has 1 N–H and O–H groups in total. The average molecular weight is 247 g/mol. The Balaban J connectivity index is 1.84. The molecule has 98 valence electrons. The first kappa shape index (κ1) is 12.8. The quantitative estimate of drug-likeness (QED) is 0.844. The second kappa shape index (κ2) is 5.82. The van der Waals surface area contributed by atoms with E-state index < -0.39 is 0 Å². The van der Waals surface area contributed by atoms with E-state index >= 15 is 0 Å². The Kier molecular flexibility index (Phi) is 4.15.